The number of nitrogens with one attached hydrogen (secondary N) is 1. The number of methoxy groups -OCH3 is 1. The molecule has 1 heterocycles. The maximum Gasteiger partial charge on any atom is 0.220 e. The van der Waals surface area contributed by atoms with Crippen LogP contribution in [-0.2, 0) is 20.8 Å². The maximum atomic E-state index is 11.9. The van der Waals surface area contributed by atoms with Gasteiger partial charge in [-0.05, 0) is 37.3 Å². The topological polar surface area (TPSA) is 50.8 Å². The fourth-order valence-corrected chi connectivity index (χ4v) is 3.23. The molecular formula is C20H32N2O3. The van der Waals surface area contributed by atoms with E-state index in [9.17, 15) is 4.79 Å². The van der Waals surface area contributed by atoms with Crippen LogP contribution in [0.2, 0.25) is 0 Å². The molecule has 1 aliphatic heterocycles. The van der Waals surface area contributed by atoms with Gasteiger partial charge in [-0.25, -0.2) is 0 Å². The largest absolute Gasteiger partial charge is 0.382 e. The number of amides is 1. The first-order chi connectivity index (χ1) is 12.3. The third-order valence-electron chi connectivity index (χ3n) is 4.56. The molecule has 0 radical (unpaired) electrons. The van der Waals surface area contributed by atoms with Crippen LogP contribution in [0.5, 0.6) is 0 Å². The molecule has 1 N–H and O–H groups in total. The number of carbonyl (C=O) groups is 1. The Bertz CT molecular complexity index is 481. The standard InChI is InChI=1S/C20H32N2O3/c1-24-13-14-25-12-6-10-20(23)21-15-19-9-5-11-22(17-19)16-18-7-3-2-4-8-18/h2-4,7-8,19H,5-6,9-17H2,1H3,(H,21,23)/t19-/m1/s1. The molecule has 1 aliphatic rings. The molecule has 0 saturated carbocycles. The minimum absolute atomic E-state index is 0.135. The Morgan fingerprint density at radius 2 is 2.08 bits per heavy atom. The molecule has 5 nitrogen and oxygen atoms in total. The Labute approximate surface area is 151 Å². The molecule has 0 unspecified atom stereocenters. The molecule has 1 fully saturated rings. The van der Waals surface area contributed by atoms with E-state index >= 15 is 0 Å². The van der Waals surface area contributed by atoms with Crippen molar-refractivity contribution in [3.05, 3.63) is 35.9 Å². The van der Waals surface area contributed by atoms with Crippen LogP contribution in [0.4, 0.5) is 0 Å². The molecule has 5 heteroatoms. The van der Waals surface area contributed by atoms with E-state index < -0.39 is 0 Å². The number of rotatable bonds is 11. The molecule has 0 bridgehead atoms. The van der Waals surface area contributed by atoms with Gasteiger partial charge in [-0.15, -0.1) is 0 Å². The molecule has 1 aromatic carbocycles. The summed E-state index contributed by atoms with van der Waals surface area (Å²) in [4.78, 5) is 14.4. The van der Waals surface area contributed by atoms with Gasteiger partial charge in [-0.3, -0.25) is 9.69 Å². The summed E-state index contributed by atoms with van der Waals surface area (Å²) in [6.07, 6.45) is 3.71. The normalized spacial score (nSPS) is 18.2. The van der Waals surface area contributed by atoms with Gasteiger partial charge in [0, 0.05) is 39.8 Å². The smallest absolute Gasteiger partial charge is 0.220 e. The van der Waals surface area contributed by atoms with E-state index in [4.69, 9.17) is 9.47 Å². The lowest BCUT2D eigenvalue weighted by atomic mass is 9.97. The summed E-state index contributed by atoms with van der Waals surface area (Å²) in [5.74, 6) is 0.690. The zero-order valence-electron chi connectivity index (χ0n) is 15.4. The summed E-state index contributed by atoms with van der Waals surface area (Å²) >= 11 is 0. The Morgan fingerprint density at radius 3 is 2.88 bits per heavy atom. The minimum atomic E-state index is 0.135. The predicted molar refractivity (Wildman–Crippen MR) is 99.4 cm³/mol. The van der Waals surface area contributed by atoms with E-state index in [1.807, 2.05) is 0 Å². The van der Waals surface area contributed by atoms with E-state index in [0.717, 1.165) is 32.6 Å². The number of ether oxygens (including phenoxy) is 2. The van der Waals surface area contributed by atoms with E-state index in [1.165, 1.54) is 18.4 Å². The highest BCUT2D eigenvalue weighted by atomic mass is 16.5. The van der Waals surface area contributed by atoms with Gasteiger partial charge < -0.3 is 14.8 Å². The van der Waals surface area contributed by atoms with Crippen LogP contribution in [0.25, 0.3) is 0 Å². The number of hydrogen-bond acceptors (Lipinski definition) is 4. The Morgan fingerprint density at radius 1 is 1.24 bits per heavy atom. The van der Waals surface area contributed by atoms with Crippen molar-refractivity contribution in [2.45, 2.75) is 32.2 Å². The average molecular weight is 348 g/mol. The van der Waals surface area contributed by atoms with Crippen molar-refractivity contribution in [3.8, 4) is 0 Å². The molecule has 140 valence electrons. The fraction of sp³-hybridized carbons (Fsp3) is 0.650. The van der Waals surface area contributed by atoms with E-state index in [-0.39, 0.29) is 5.91 Å². The second-order valence-corrected chi connectivity index (χ2v) is 6.74. The minimum Gasteiger partial charge on any atom is -0.382 e. The summed E-state index contributed by atoms with van der Waals surface area (Å²) in [5, 5.41) is 3.09. The van der Waals surface area contributed by atoms with Gasteiger partial charge in [0.2, 0.25) is 5.91 Å². The van der Waals surface area contributed by atoms with Crippen molar-refractivity contribution in [3.63, 3.8) is 0 Å². The first-order valence-electron chi connectivity index (χ1n) is 9.37. The molecule has 0 spiro atoms. The second kappa shape index (κ2) is 12.0. The molecule has 1 aromatic rings. The van der Waals surface area contributed by atoms with Gasteiger partial charge in [-0.2, -0.15) is 0 Å². The van der Waals surface area contributed by atoms with Crippen LogP contribution < -0.4 is 5.32 Å². The van der Waals surface area contributed by atoms with Crippen LogP contribution in [0, 0.1) is 5.92 Å². The first kappa shape index (κ1) is 19.9. The van der Waals surface area contributed by atoms with E-state index in [2.05, 4.69) is 40.5 Å². The molecule has 0 aromatic heterocycles. The van der Waals surface area contributed by atoms with Crippen molar-refractivity contribution >= 4 is 5.91 Å². The third-order valence-corrected chi connectivity index (χ3v) is 4.56. The summed E-state index contributed by atoms with van der Waals surface area (Å²) < 4.78 is 10.3. The monoisotopic (exact) mass is 348 g/mol. The third kappa shape index (κ3) is 8.47. The number of benzene rings is 1. The van der Waals surface area contributed by atoms with Gasteiger partial charge >= 0.3 is 0 Å². The molecule has 1 atom stereocenters. The van der Waals surface area contributed by atoms with Gasteiger partial charge in [0.25, 0.3) is 0 Å². The second-order valence-electron chi connectivity index (χ2n) is 6.74. The predicted octanol–water partition coefficient (Wildman–Crippen LogP) is 2.46. The van der Waals surface area contributed by atoms with Gasteiger partial charge in [0.15, 0.2) is 0 Å². The molecule has 25 heavy (non-hydrogen) atoms. The quantitative estimate of drug-likeness (QED) is 0.624. The zero-order chi connectivity index (χ0) is 17.7. The molecule has 1 amide bonds. The van der Waals surface area contributed by atoms with E-state index in [1.54, 1.807) is 7.11 Å². The highest BCUT2D eigenvalue weighted by Gasteiger charge is 2.20. The lowest BCUT2D eigenvalue weighted by Gasteiger charge is -2.32. The summed E-state index contributed by atoms with van der Waals surface area (Å²) in [7, 11) is 1.66. The SMILES string of the molecule is COCCOCCCC(=O)NC[C@H]1CCCN(Cc2ccccc2)C1. The number of piperidine rings is 1. The lowest BCUT2D eigenvalue weighted by Crippen LogP contribution is -2.40. The van der Waals surface area contributed by atoms with Crippen LogP contribution >= 0.6 is 0 Å². The Hall–Kier alpha value is -1.43. The molecule has 0 aliphatic carbocycles. The average Bonchev–Trinajstić information content (AvgIpc) is 2.64. The summed E-state index contributed by atoms with van der Waals surface area (Å²) in [6.45, 7) is 5.82. The van der Waals surface area contributed by atoms with Crippen molar-refractivity contribution < 1.29 is 14.3 Å². The van der Waals surface area contributed by atoms with Crippen molar-refractivity contribution in [2.24, 2.45) is 5.92 Å². The number of likely N-dealkylation sites (tertiary alicyclic amines) is 1. The number of hydrogen-bond donors (Lipinski definition) is 1. The zero-order valence-corrected chi connectivity index (χ0v) is 15.4. The lowest BCUT2D eigenvalue weighted by molar-refractivity contribution is -0.121. The van der Waals surface area contributed by atoms with Gasteiger partial charge in [-0.1, -0.05) is 30.3 Å². The molecule has 1 saturated heterocycles. The molecule has 2 rings (SSSR count). The highest BCUT2D eigenvalue weighted by molar-refractivity contribution is 5.75. The Kier molecular flexibility index (Phi) is 9.55. The van der Waals surface area contributed by atoms with E-state index in [0.29, 0.717) is 32.2 Å². The van der Waals surface area contributed by atoms with Crippen LogP contribution in [0.1, 0.15) is 31.2 Å². The first-order valence-corrected chi connectivity index (χ1v) is 9.37. The summed E-state index contributed by atoms with van der Waals surface area (Å²) in [6, 6.07) is 10.6. The molecular weight excluding hydrogens is 316 g/mol. The van der Waals surface area contributed by atoms with Gasteiger partial charge in [0.1, 0.15) is 0 Å². The number of carbonyl (C=O) groups excluding carboxylic acids is 1. The van der Waals surface area contributed by atoms with Crippen molar-refractivity contribution in [1.82, 2.24) is 10.2 Å². The van der Waals surface area contributed by atoms with Crippen molar-refractivity contribution in [1.29, 1.82) is 0 Å². The summed E-state index contributed by atoms with van der Waals surface area (Å²) in [5.41, 5.74) is 1.36. The van der Waals surface area contributed by atoms with Crippen LogP contribution in [0.15, 0.2) is 30.3 Å². The highest BCUT2D eigenvalue weighted by Crippen LogP contribution is 2.18. The van der Waals surface area contributed by atoms with Gasteiger partial charge in [0.05, 0.1) is 13.2 Å². The Balaban J connectivity index is 1.58. The fourth-order valence-electron chi connectivity index (χ4n) is 3.23. The van der Waals surface area contributed by atoms with Crippen LogP contribution in [0.3, 0.4) is 0 Å². The number of nitrogens with zero attached hydrogens (tertiary/aromatic N) is 1. The van der Waals surface area contributed by atoms with Crippen LogP contribution in [-0.4, -0.2) is 57.4 Å². The maximum absolute atomic E-state index is 11.9. The van der Waals surface area contributed by atoms with Crippen molar-refractivity contribution in [2.75, 3.05) is 46.6 Å².